The Morgan fingerprint density at radius 3 is 1.65 bits per heavy atom. The van der Waals surface area contributed by atoms with Crippen molar-refractivity contribution in [3.05, 3.63) is 77.4 Å². The van der Waals surface area contributed by atoms with E-state index in [0.717, 1.165) is 24.3 Å². The third-order valence-electron chi connectivity index (χ3n) is 11.0. The SMILES string of the molecule is CC(=O)Nc1ccc(/C=C/c2ccc(NC(=S)N[C@@H](CCCN=C(N)N)C(=O)N[C@@H](CCCCN)C(=O)N[C@@H](CC(=O)O)C(=O)N[C@H](C(=O)N[C@@H](Cc3ccc(O)cc3)C(=O)[O-])C(C)C)cc2S(=O)(=O)O)c(S(=O)(=O)O)c1.[Na+]. The molecular formula is C47H62N11NaO16S3. The second kappa shape index (κ2) is 31.6. The Labute approximate surface area is 477 Å². The molecule has 3 aromatic rings. The zero-order valence-electron chi connectivity index (χ0n) is 42.8. The molecule has 0 aliphatic carbocycles. The molecule has 0 aliphatic heterocycles. The number of carboxylic acids is 2. The van der Waals surface area contributed by atoms with Gasteiger partial charge in [0.05, 0.1) is 18.4 Å². The van der Waals surface area contributed by atoms with Crippen LogP contribution in [0.4, 0.5) is 11.4 Å². The zero-order valence-corrected chi connectivity index (χ0v) is 47.3. The number of benzene rings is 3. The molecule has 0 aliphatic rings. The van der Waals surface area contributed by atoms with E-state index in [2.05, 4.69) is 42.2 Å². The fourth-order valence-corrected chi connectivity index (χ4v) is 8.91. The van der Waals surface area contributed by atoms with Gasteiger partial charge >= 0.3 is 35.5 Å². The Morgan fingerprint density at radius 2 is 1.18 bits per heavy atom. The predicted octanol–water partition coefficient (Wildman–Crippen LogP) is -4.08. The quantitative estimate of drug-likeness (QED) is 0.00598. The van der Waals surface area contributed by atoms with Crippen molar-refractivity contribution in [2.24, 2.45) is 28.1 Å². The maximum atomic E-state index is 14.1. The second-order valence-corrected chi connectivity index (χ2v) is 20.7. The van der Waals surface area contributed by atoms with E-state index in [4.69, 9.17) is 29.4 Å². The van der Waals surface area contributed by atoms with Gasteiger partial charge < -0.3 is 74.5 Å². The minimum atomic E-state index is -5.01. The summed E-state index contributed by atoms with van der Waals surface area (Å²) in [5.41, 5.74) is 16.7. The number of nitrogens with one attached hydrogen (secondary N) is 7. The molecule has 0 aromatic heterocycles. The number of guanidine groups is 1. The van der Waals surface area contributed by atoms with Crippen LogP contribution in [0.2, 0.25) is 0 Å². The first-order chi connectivity index (χ1) is 36.0. The summed E-state index contributed by atoms with van der Waals surface area (Å²) < 4.78 is 69.7. The van der Waals surface area contributed by atoms with Gasteiger partial charge in [-0.3, -0.25) is 42.9 Å². The van der Waals surface area contributed by atoms with Crippen molar-refractivity contribution in [1.82, 2.24) is 26.6 Å². The zero-order chi connectivity index (χ0) is 57.8. The molecule has 420 valence electrons. The number of anilines is 2. The molecule has 5 atom stereocenters. The molecule has 17 N–H and O–H groups in total. The summed E-state index contributed by atoms with van der Waals surface area (Å²) in [5.74, 6) is -8.84. The number of nitrogens with zero attached hydrogens (tertiary/aromatic N) is 1. The number of aliphatic carboxylic acids is 2. The largest absolute Gasteiger partial charge is 1.00 e. The van der Waals surface area contributed by atoms with Gasteiger partial charge in [-0.15, -0.1) is 0 Å². The van der Waals surface area contributed by atoms with Crippen molar-refractivity contribution in [1.29, 1.82) is 0 Å². The Morgan fingerprint density at radius 1 is 0.692 bits per heavy atom. The third kappa shape index (κ3) is 23.1. The van der Waals surface area contributed by atoms with Crippen LogP contribution < -0.4 is 89.1 Å². The van der Waals surface area contributed by atoms with Gasteiger partial charge in [-0.1, -0.05) is 50.3 Å². The van der Waals surface area contributed by atoms with E-state index in [-0.39, 0.29) is 114 Å². The molecular weight excluding hydrogens is 1090 g/mol. The maximum Gasteiger partial charge on any atom is 1.00 e. The normalized spacial score (nSPS) is 13.3. The summed E-state index contributed by atoms with van der Waals surface area (Å²) in [5, 5.41) is 48.5. The van der Waals surface area contributed by atoms with Crippen LogP contribution in [-0.2, 0) is 60.2 Å². The molecule has 0 radical (unpaired) electrons. The first-order valence-electron chi connectivity index (χ1n) is 23.4. The Kier molecular flexibility index (Phi) is 27.3. The number of aliphatic imine (C=N–C) groups is 1. The minimum absolute atomic E-state index is 0. The summed E-state index contributed by atoms with van der Waals surface area (Å²) in [4.78, 5) is 93.5. The second-order valence-electron chi connectivity index (χ2n) is 17.6. The van der Waals surface area contributed by atoms with Crippen molar-refractivity contribution in [2.75, 3.05) is 23.7 Å². The first kappa shape index (κ1) is 67.3. The van der Waals surface area contributed by atoms with Crippen LogP contribution in [0.25, 0.3) is 12.2 Å². The molecule has 0 saturated heterocycles. The summed E-state index contributed by atoms with van der Waals surface area (Å²) in [7, 11) is -9.88. The van der Waals surface area contributed by atoms with Gasteiger partial charge in [-0.2, -0.15) is 16.8 Å². The first-order valence-corrected chi connectivity index (χ1v) is 26.7. The fraction of sp³-hybridized carbons (Fsp3) is 0.383. The number of amides is 5. The molecule has 0 heterocycles. The van der Waals surface area contributed by atoms with Crippen molar-refractivity contribution < 1.29 is 104 Å². The molecule has 3 rings (SSSR count). The number of rotatable bonds is 29. The molecule has 0 bridgehead atoms. The molecule has 31 heteroatoms. The summed E-state index contributed by atoms with van der Waals surface area (Å²) in [6.45, 7) is 4.38. The molecule has 0 fully saturated rings. The van der Waals surface area contributed by atoms with Crippen LogP contribution >= 0.6 is 12.2 Å². The molecule has 78 heavy (non-hydrogen) atoms. The van der Waals surface area contributed by atoms with E-state index in [1.54, 1.807) is 0 Å². The number of carbonyl (C=O) groups excluding carboxylic acids is 6. The Hall–Kier alpha value is -6.77. The van der Waals surface area contributed by atoms with Gasteiger partial charge in [-0.05, 0) is 116 Å². The van der Waals surface area contributed by atoms with Crippen LogP contribution in [0, 0.1) is 5.92 Å². The van der Waals surface area contributed by atoms with E-state index in [1.807, 2.05) is 0 Å². The molecule has 0 spiro atoms. The Balaban J connectivity index is 0.0000208. The number of carbonyl (C=O) groups is 7. The summed E-state index contributed by atoms with van der Waals surface area (Å²) in [6, 6.07) is 4.77. The number of thiocarbonyl (C=S) groups is 1. The summed E-state index contributed by atoms with van der Waals surface area (Å²) in [6.07, 6.45) is 1.53. The van der Waals surface area contributed by atoms with Crippen molar-refractivity contribution in [3.63, 3.8) is 0 Å². The molecule has 0 unspecified atom stereocenters. The van der Waals surface area contributed by atoms with Gasteiger partial charge in [-0.25, -0.2) is 0 Å². The molecule has 5 amide bonds. The minimum Gasteiger partial charge on any atom is -0.548 e. The maximum absolute atomic E-state index is 14.1. The number of aromatic hydroxyl groups is 1. The van der Waals surface area contributed by atoms with Crippen molar-refractivity contribution in [3.8, 4) is 5.75 Å². The number of unbranched alkanes of at least 4 members (excludes halogenated alkanes) is 1. The van der Waals surface area contributed by atoms with E-state index < -0.39 is 114 Å². The molecule has 3 aromatic carbocycles. The van der Waals surface area contributed by atoms with Gasteiger partial charge in [0, 0.05) is 24.8 Å². The summed E-state index contributed by atoms with van der Waals surface area (Å²) >= 11 is 5.47. The van der Waals surface area contributed by atoms with Crippen LogP contribution in [0.1, 0.15) is 76.0 Å². The van der Waals surface area contributed by atoms with E-state index in [9.17, 15) is 74.8 Å². The number of nitrogens with two attached hydrogens (primary N) is 3. The van der Waals surface area contributed by atoms with Crippen LogP contribution in [0.3, 0.4) is 0 Å². The number of phenols is 1. The molecule has 27 nitrogen and oxygen atoms in total. The number of hydrogen-bond acceptors (Lipinski definition) is 16. The van der Waals surface area contributed by atoms with E-state index in [0.29, 0.717) is 12.0 Å². The van der Waals surface area contributed by atoms with Crippen LogP contribution in [0.5, 0.6) is 5.75 Å². The van der Waals surface area contributed by atoms with Gasteiger partial charge in [0.25, 0.3) is 20.2 Å². The number of carboxylic acid groups (broad SMARTS) is 2. The van der Waals surface area contributed by atoms with E-state index in [1.165, 1.54) is 69.3 Å². The number of phenolic OH excluding ortho intramolecular Hbond substituents is 1. The van der Waals surface area contributed by atoms with E-state index >= 15 is 0 Å². The predicted molar refractivity (Wildman–Crippen MR) is 283 cm³/mol. The smallest absolute Gasteiger partial charge is 0.548 e. The molecule has 0 saturated carbocycles. The standard InChI is InChI=1S/C47H63N11O16S3.Na/c1-25(2)40(44(66)56-36(45(67)68)21-27-9-17-32(60)18-10-27)58-43(65)35(24-39(61)62)55-41(63)33(7-4-5-19-48)54-42(64)34(8-6-20-51-46(49)50)57-47(75)53-31-16-14-29(38(23-31)77(72,73)74)12-11-28-13-15-30(52-26(3)59)22-37(28)76(69,70)71;/h9-18,22-23,25,33-36,40,60H,4-8,19-21,24,48H2,1-3H3,(H,52,59)(H,54,64)(H,55,63)(H,56,66)(H,58,65)(H,61,62)(H,67,68)(H4,49,50,51)(H2,53,57,75)(H,69,70,71)(H,72,73,74);/q;+1/p-1/b12-11+;/t33-,34-,35-,36-,40-;/m0./s1. The topological polar surface area (TPSA) is 466 Å². The van der Waals surface area contributed by atoms with Gasteiger partial charge in [0.1, 0.15) is 39.7 Å². The average Bonchev–Trinajstić information content (AvgIpc) is 3.32. The van der Waals surface area contributed by atoms with Crippen molar-refractivity contribution >= 4 is 109 Å². The Bertz CT molecular complexity index is 2940. The van der Waals surface area contributed by atoms with Crippen LogP contribution in [-0.4, -0.2) is 132 Å². The third-order valence-corrected chi connectivity index (χ3v) is 13.0. The van der Waals surface area contributed by atoms with Gasteiger partial charge in [0.2, 0.25) is 29.5 Å². The average molecular weight is 1160 g/mol. The monoisotopic (exact) mass is 1160 g/mol. The van der Waals surface area contributed by atoms with Gasteiger partial charge in [0.15, 0.2) is 11.1 Å². The fourth-order valence-electron chi connectivity index (χ4n) is 7.23. The van der Waals surface area contributed by atoms with Crippen molar-refractivity contribution in [2.45, 2.75) is 106 Å². The number of hydrogen-bond donors (Lipinski definition) is 14. The van der Waals surface area contributed by atoms with Crippen LogP contribution in [0.15, 0.2) is 75.4 Å².